The lowest BCUT2D eigenvalue weighted by molar-refractivity contribution is 0.172. The minimum absolute atomic E-state index is 0.0580. The number of aliphatic hydroxyl groups is 1. The highest BCUT2D eigenvalue weighted by atomic mass is 19.1. The van der Waals surface area contributed by atoms with E-state index in [1.54, 1.807) is 6.26 Å². The largest absolute Gasteiger partial charge is 0.469 e. The second-order valence-corrected chi connectivity index (χ2v) is 5.67. The molecule has 1 heterocycles. The van der Waals surface area contributed by atoms with Gasteiger partial charge in [0.1, 0.15) is 11.6 Å². The molecular weight excluding hydrogens is 299 g/mol. The minimum Gasteiger partial charge on any atom is -0.469 e. The summed E-state index contributed by atoms with van der Waals surface area (Å²) in [6.07, 6.45) is 3.48. The number of amides is 2. The van der Waals surface area contributed by atoms with E-state index in [-0.39, 0.29) is 24.4 Å². The molecule has 23 heavy (non-hydrogen) atoms. The van der Waals surface area contributed by atoms with E-state index in [1.165, 1.54) is 24.3 Å². The Morgan fingerprint density at radius 2 is 2.13 bits per heavy atom. The Labute approximate surface area is 133 Å². The fourth-order valence-electron chi connectivity index (χ4n) is 2.84. The molecule has 2 atom stereocenters. The van der Waals surface area contributed by atoms with Crippen LogP contribution in [0.25, 0.3) is 0 Å². The summed E-state index contributed by atoms with van der Waals surface area (Å²) in [5, 5.41) is 15.5. The van der Waals surface area contributed by atoms with Gasteiger partial charge in [-0.2, -0.15) is 0 Å². The lowest BCUT2D eigenvalue weighted by Gasteiger charge is -2.23. The monoisotopic (exact) mass is 318 g/mol. The number of benzene rings is 1. The fourth-order valence-corrected chi connectivity index (χ4v) is 2.84. The number of rotatable bonds is 4. The molecule has 1 aliphatic carbocycles. The Morgan fingerprint density at radius 3 is 2.91 bits per heavy atom. The maximum Gasteiger partial charge on any atom is 0.315 e. The molecule has 0 radical (unpaired) electrons. The van der Waals surface area contributed by atoms with Gasteiger partial charge in [-0.25, -0.2) is 9.18 Å². The van der Waals surface area contributed by atoms with Crippen LogP contribution in [-0.2, 0) is 6.42 Å². The predicted octanol–water partition coefficient (Wildman–Crippen LogP) is 2.83. The summed E-state index contributed by atoms with van der Waals surface area (Å²) in [6.45, 7) is 0.0580. The van der Waals surface area contributed by atoms with E-state index in [9.17, 15) is 14.3 Å². The van der Waals surface area contributed by atoms with Gasteiger partial charge in [0.25, 0.3) is 0 Å². The van der Waals surface area contributed by atoms with Crippen molar-refractivity contribution in [2.45, 2.75) is 31.4 Å². The topological polar surface area (TPSA) is 74.5 Å². The average Bonchev–Trinajstić information content (AvgIpc) is 3.03. The smallest absolute Gasteiger partial charge is 0.315 e. The first kappa shape index (κ1) is 15.6. The van der Waals surface area contributed by atoms with Crippen molar-refractivity contribution in [2.24, 2.45) is 0 Å². The molecule has 0 spiro atoms. The first-order valence-electron chi connectivity index (χ1n) is 7.67. The highest BCUT2D eigenvalue weighted by Gasteiger charge is 2.24. The number of fused-ring (bicyclic) bond motifs is 1. The van der Waals surface area contributed by atoms with E-state index in [0.29, 0.717) is 5.56 Å². The van der Waals surface area contributed by atoms with E-state index in [1.807, 2.05) is 6.07 Å². The van der Waals surface area contributed by atoms with Crippen LogP contribution >= 0.6 is 0 Å². The summed E-state index contributed by atoms with van der Waals surface area (Å²) >= 11 is 0. The zero-order valence-electron chi connectivity index (χ0n) is 12.6. The van der Waals surface area contributed by atoms with Crippen LogP contribution in [0.4, 0.5) is 9.18 Å². The van der Waals surface area contributed by atoms with Crippen molar-refractivity contribution >= 4 is 6.03 Å². The summed E-state index contributed by atoms with van der Waals surface area (Å²) in [5.74, 6) is 0.563. The molecule has 0 saturated carbocycles. The van der Waals surface area contributed by atoms with Gasteiger partial charge >= 0.3 is 6.03 Å². The number of hydrogen-bond donors (Lipinski definition) is 3. The second kappa shape index (κ2) is 6.83. The van der Waals surface area contributed by atoms with Crippen molar-refractivity contribution in [3.8, 4) is 0 Å². The Kier molecular flexibility index (Phi) is 4.62. The third-order valence-corrected chi connectivity index (χ3v) is 4.07. The zero-order valence-corrected chi connectivity index (χ0v) is 12.6. The first-order chi connectivity index (χ1) is 11.1. The van der Waals surface area contributed by atoms with Gasteiger partial charge in [0.2, 0.25) is 0 Å². The van der Waals surface area contributed by atoms with E-state index in [4.69, 9.17) is 4.42 Å². The Hall–Kier alpha value is -2.34. The van der Waals surface area contributed by atoms with E-state index < -0.39 is 6.10 Å². The summed E-state index contributed by atoms with van der Waals surface area (Å²) < 4.78 is 18.2. The Balaban J connectivity index is 1.51. The predicted molar refractivity (Wildman–Crippen MR) is 82.3 cm³/mol. The molecular formula is C17H19FN2O3. The van der Waals surface area contributed by atoms with Gasteiger partial charge in [0, 0.05) is 18.5 Å². The van der Waals surface area contributed by atoms with Gasteiger partial charge in [-0.1, -0.05) is 12.1 Å². The van der Waals surface area contributed by atoms with Crippen LogP contribution in [0.1, 0.15) is 41.9 Å². The van der Waals surface area contributed by atoms with E-state index >= 15 is 0 Å². The minimum atomic E-state index is -0.878. The lowest BCUT2D eigenvalue weighted by atomic mass is 9.93. The highest BCUT2D eigenvalue weighted by Crippen LogP contribution is 2.30. The lowest BCUT2D eigenvalue weighted by Crippen LogP contribution is -2.40. The standard InChI is InChI=1S/C17H19FN2O3/c18-12-6-4-11(5-7-12)15(21)10-19-17(22)20-14-2-1-3-16-13(14)8-9-23-16/h4-9,14-15,21H,1-3,10H2,(H2,19,20,22). The first-order valence-corrected chi connectivity index (χ1v) is 7.67. The van der Waals surface area contributed by atoms with Crippen LogP contribution < -0.4 is 10.6 Å². The molecule has 0 fully saturated rings. The molecule has 1 aliphatic rings. The summed E-state index contributed by atoms with van der Waals surface area (Å²) in [5.41, 5.74) is 1.58. The van der Waals surface area contributed by atoms with Crippen molar-refractivity contribution in [1.82, 2.24) is 10.6 Å². The molecule has 122 valence electrons. The molecule has 3 N–H and O–H groups in total. The molecule has 1 aromatic carbocycles. The molecule has 6 heteroatoms. The molecule has 0 aliphatic heterocycles. The number of nitrogens with one attached hydrogen (secondary N) is 2. The van der Waals surface area contributed by atoms with Crippen LogP contribution in [0.3, 0.4) is 0 Å². The number of urea groups is 1. The van der Waals surface area contributed by atoms with Crippen LogP contribution in [0, 0.1) is 5.82 Å². The Bertz CT molecular complexity index is 669. The number of carbonyl (C=O) groups excluding carboxylic acids is 1. The van der Waals surface area contributed by atoms with Gasteiger partial charge in [-0.3, -0.25) is 0 Å². The third-order valence-electron chi connectivity index (χ3n) is 4.07. The SMILES string of the molecule is O=C(NCC(O)c1ccc(F)cc1)NC1CCCc2occc21. The van der Waals surface area contributed by atoms with Gasteiger partial charge in [-0.15, -0.1) is 0 Å². The zero-order chi connectivity index (χ0) is 16.2. The molecule has 3 rings (SSSR count). The quantitative estimate of drug-likeness (QED) is 0.811. The van der Waals surface area contributed by atoms with Crippen LogP contribution in [0.2, 0.25) is 0 Å². The summed E-state index contributed by atoms with van der Waals surface area (Å²) in [4.78, 5) is 12.0. The summed E-state index contributed by atoms with van der Waals surface area (Å²) in [6, 6.07) is 7.03. The maximum atomic E-state index is 12.9. The number of carbonyl (C=O) groups is 1. The fraction of sp³-hybridized carbons (Fsp3) is 0.353. The number of halogens is 1. The molecule has 2 aromatic rings. The molecule has 0 bridgehead atoms. The van der Waals surface area contributed by atoms with Gasteiger partial charge in [0.05, 0.1) is 18.4 Å². The van der Waals surface area contributed by atoms with Crippen molar-refractivity contribution in [3.05, 3.63) is 59.3 Å². The molecule has 1 aromatic heterocycles. The second-order valence-electron chi connectivity index (χ2n) is 5.67. The number of hydrogen-bond acceptors (Lipinski definition) is 3. The third kappa shape index (κ3) is 3.71. The number of aliphatic hydroxyl groups excluding tert-OH is 1. The highest BCUT2D eigenvalue weighted by molar-refractivity contribution is 5.74. The van der Waals surface area contributed by atoms with E-state index in [2.05, 4.69) is 10.6 Å². The van der Waals surface area contributed by atoms with Gasteiger partial charge in [0.15, 0.2) is 0 Å². The normalized spacial score (nSPS) is 18.1. The van der Waals surface area contributed by atoms with Gasteiger partial charge in [-0.05, 0) is 36.6 Å². The van der Waals surface area contributed by atoms with Gasteiger partial charge < -0.3 is 20.2 Å². The van der Waals surface area contributed by atoms with Crippen molar-refractivity contribution in [1.29, 1.82) is 0 Å². The summed E-state index contributed by atoms with van der Waals surface area (Å²) in [7, 11) is 0. The van der Waals surface area contributed by atoms with Crippen molar-refractivity contribution < 1.29 is 18.7 Å². The average molecular weight is 318 g/mol. The maximum absolute atomic E-state index is 12.9. The van der Waals surface area contributed by atoms with Crippen molar-refractivity contribution in [2.75, 3.05) is 6.54 Å². The van der Waals surface area contributed by atoms with Crippen LogP contribution in [0.5, 0.6) is 0 Å². The molecule has 2 amide bonds. The Morgan fingerprint density at radius 1 is 1.35 bits per heavy atom. The molecule has 0 saturated heterocycles. The van der Waals surface area contributed by atoms with Crippen molar-refractivity contribution in [3.63, 3.8) is 0 Å². The van der Waals surface area contributed by atoms with Crippen LogP contribution in [0.15, 0.2) is 41.0 Å². The van der Waals surface area contributed by atoms with Crippen LogP contribution in [-0.4, -0.2) is 17.7 Å². The molecule has 2 unspecified atom stereocenters. The molecule has 5 nitrogen and oxygen atoms in total. The number of aryl methyl sites for hydroxylation is 1. The number of furan rings is 1. The van der Waals surface area contributed by atoms with E-state index in [0.717, 1.165) is 30.6 Å².